The van der Waals surface area contributed by atoms with Gasteiger partial charge in [-0.3, -0.25) is 25.8 Å². The number of methoxy groups -OCH3 is 1. The molecule has 0 fully saturated rings. The lowest BCUT2D eigenvalue weighted by Crippen LogP contribution is -2.48. The number of hydrogen-bond acceptors (Lipinski definition) is 5. The molecule has 3 aromatic rings. The van der Waals surface area contributed by atoms with Crippen molar-refractivity contribution in [2.75, 3.05) is 20.3 Å². The van der Waals surface area contributed by atoms with E-state index in [9.17, 15) is 9.59 Å². The Morgan fingerprint density at radius 2 is 1.44 bits per heavy atom. The highest BCUT2D eigenvalue weighted by Crippen LogP contribution is 2.19. The number of carbonyl (C=O) groups is 2. The van der Waals surface area contributed by atoms with E-state index in [4.69, 9.17) is 21.7 Å². The smallest absolute Gasteiger partial charge is 0.269 e. The monoisotopic (exact) mass is 449 g/mol. The third-order valence-corrected chi connectivity index (χ3v) is 4.65. The van der Waals surface area contributed by atoms with E-state index >= 15 is 0 Å². The molecule has 32 heavy (non-hydrogen) atoms. The summed E-state index contributed by atoms with van der Waals surface area (Å²) < 4.78 is 10.5. The van der Waals surface area contributed by atoms with E-state index < -0.39 is 5.91 Å². The van der Waals surface area contributed by atoms with Gasteiger partial charge in [0.25, 0.3) is 11.8 Å². The second kappa shape index (κ2) is 11.6. The van der Waals surface area contributed by atoms with Crippen LogP contribution in [0.3, 0.4) is 0 Å². The molecule has 0 spiro atoms. The molecule has 2 amide bonds. The topological polar surface area (TPSA) is 88.7 Å². The highest BCUT2D eigenvalue weighted by Gasteiger charge is 2.14. The van der Waals surface area contributed by atoms with Gasteiger partial charge in [0.2, 0.25) is 0 Å². The van der Waals surface area contributed by atoms with Crippen molar-refractivity contribution in [3.63, 3.8) is 0 Å². The van der Waals surface area contributed by atoms with Crippen molar-refractivity contribution in [3.8, 4) is 16.9 Å². The van der Waals surface area contributed by atoms with Crippen LogP contribution in [0.1, 0.15) is 20.7 Å². The number of amides is 2. The molecule has 3 aromatic carbocycles. The first-order valence-electron chi connectivity index (χ1n) is 9.86. The molecule has 0 saturated heterocycles. The standard InChI is InChI=1S/C24H23N3O4S/c1-30-15-16-31-21-10-6-5-9-20(21)23(29)25-24(32)27-26-22(28)19-13-11-18(12-14-19)17-7-3-2-4-8-17/h2-14H,15-16H2,1H3,(H,26,28)(H2,25,27,29,32). The van der Waals surface area contributed by atoms with Crippen LogP contribution in [0.2, 0.25) is 0 Å². The van der Waals surface area contributed by atoms with E-state index in [-0.39, 0.29) is 11.0 Å². The number of carbonyl (C=O) groups excluding carboxylic acids is 2. The second-order valence-corrected chi connectivity index (χ2v) is 7.05. The lowest BCUT2D eigenvalue weighted by atomic mass is 10.0. The van der Waals surface area contributed by atoms with Crippen LogP contribution in [-0.2, 0) is 4.74 Å². The Morgan fingerprint density at radius 1 is 0.781 bits per heavy atom. The predicted molar refractivity (Wildman–Crippen MR) is 126 cm³/mol. The minimum Gasteiger partial charge on any atom is -0.490 e. The summed E-state index contributed by atoms with van der Waals surface area (Å²) in [5, 5.41) is 2.47. The Labute approximate surface area is 191 Å². The molecule has 0 aliphatic heterocycles. The van der Waals surface area contributed by atoms with Gasteiger partial charge < -0.3 is 9.47 Å². The number of ether oxygens (including phenoxy) is 2. The highest BCUT2D eigenvalue weighted by molar-refractivity contribution is 7.80. The van der Waals surface area contributed by atoms with E-state index in [1.54, 1.807) is 43.5 Å². The van der Waals surface area contributed by atoms with Crippen LogP contribution in [0.4, 0.5) is 0 Å². The first-order valence-corrected chi connectivity index (χ1v) is 10.3. The third kappa shape index (κ3) is 6.37. The minimum absolute atomic E-state index is 0.0454. The van der Waals surface area contributed by atoms with Gasteiger partial charge in [0.05, 0.1) is 12.2 Å². The maximum absolute atomic E-state index is 12.5. The number of hydrazine groups is 1. The molecule has 0 aromatic heterocycles. The molecular formula is C24H23N3O4S. The van der Waals surface area contributed by atoms with Gasteiger partial charge in [-0.05, 0) is 47.6 Å². The first-order chi connectivity index (χ1) is 15.6. The van der Waals surface area contributed by atoms with E-state index in [1.807, 2.05) is 42.5 Å². The number of benzene rings is 3. The Kier molecular flexibility index (Phi) is 8.30. The van der Waals surface area contributed by atoms with Gasteiger partial charge in [0.1, 0.15) is 12.4 Å². The molecule has 3 N–H and O–H groups in total. The zero-order valence-corrected chi connectivity index (χ0v) is 18.3. The van der Waals surface area contributed by atoms with E-state index in [0.29, 0.717) is 30.1 Å². The van der Waals surface area contributed by atoms with Crippen molar-refractivity contribution in [2.45, 2.75) is 0 Å². The fourth-order valence-corrected chi connectivity index (χ4v) is 2.99. The molecule has 0 aliphatic rings. The van der Waals surface area contributed by atoms with Crippen LogP contribution in [-0.4, -0.2) is 37.3 Å². The summed E-state index contributed by atoms with van der Waals surface area (Å²) in [6.45, 7) is 0.705. The second-order valence-electron chi connectivity index (χ2n) is 6.64. The number of nitrogens with one attached hydrogen (secondary N) is 3. The average molecular weight is 450 g/mol. The Morgan fingerprint density at radius 3 is 2.16 bits per heavy atom. The maximum Gasteiger partial charge on any atom is 0.269 e. The van der Waals surface area contributed by atoms with Gasteiger partial charge in [0.15, 0.2) is 5.11 Å². The largest absolute Gasteiger partial charge is 0.490 e. The van der Waals surface area contributed by atoms with Crippen LogP contribution in [0.25, 0.3) is 11.1 Å². The zero-order valence-electron chi connectivity index (χ0n) is 17.5. The van der Waals surface area contributed by atoms with E-state index in [2.05, 4.69) is 16.2 Å². The van der Waals surface area contributed by atoms with Crippen LogP contribution in [0.5, 0.6) is 5.75 Å². The van der Waals surface area contributed by atoms with Crippen LogP contribution in [0, 0.1) is 0 Å². The van der Waals surface area contributed by atoms with E-state index in [0.717, 1.165) is 11.1 Å². The molecule has 0 saturated carbocycles. The molecule has 0 unspecified atom stereocenters. The van der Waals surface area contributed by atoms with E-state index in [1.165, 1.54) is 0 Å². The number of thiocarbonyl (C=S) groups is 1. The van der Waals surface area contributed by atoms with Gasteiger partial charge in [-0.15, -0.1) is 0 Å². The third-order valence-electron chi connectivity index (χ3n) is 4.45. The normalized spacial score (nSPS) is 10.2. The molecule has 8 heteroatoms. The summed E-state index contributed by atoms with van der Waals surface area (Å²) >= 11 is 5.11. The molecule has 7 nitrogen and oxygen atoms in total. The molecule has 0 radical (unpaired) electrons. The summed E-state index contributed by atoms with van der Waals surface area (Å²) in [7, 11) is 1.57. The minimum atomic E-state index is -0.461. The van der Waals surface area contributed by atoms with Crippen molar-refractivity contribution in [3.05, 3.63) is 90.0 Å². The summed E-state index contributed by atoms with van der Waals surface area (Å²) in [6.07, 6.45) is 0. The summed E-state index contributed by atoms with van der Waals surface area (Å²) in [5.41, 5.74) is 7.85. The molecular weight excluding hydrogens is 426 g/mol. The van der Waals surface area contributed by atoms with Gasteiger partial charge in [-0.1, -0.05) is 54.6 Å². The van der Waals surface area contributed by atoms with Crippen LogP contribution in [0.15, 0.2) is 78.9 Å². The number of rotatable bonds is 7. The van der Waals surface area contributed by atoms with Crippen LogP contribution >= 0.6 is 12.2 Å². The van der Waals surface area contributed by atoms with Crippen molar-refractivity contribution < 1.29 is 19.1 Å². The fraction of sp³-hybridized carbons (Fsp3) is 0.125. The van der Waals surface area contributed by atoms with Crippen molar-refractivity contribution in [2.24, 2.45) is 0 Å². The quantitative estimate of drug-likeness (QED) is 0.291. The van der Waals surface area contributed by atoms with Gasteiger partial charge in [-0.25, -0.2) is 0 Å². The van der Waals surface area contributed by atoms with Gasteiger partial charge >= 0.3 is 0 Å². The molecule has 3 rings (SSSR count). The Hall–Kier alpha value is -3.75. The number of hydrogen-bond donors (Lipinski definition) is 3. The van der Waals surface area contributed by atoms with Crippen molar-refractivity contribution in [1.29, 1.82) is 0 Å². The van der Waals surface area contributed by atoms with Crippen LogP contribution < -0.4 is 20.9 Å². The summed E-state index contributed by atoms with van der Waals surface area (Å²) in [4.78, 5) is 24.9. The maximum atomic E-state index is 12.5. The lowest BCUT2D eigenvalue weighted by Gasteiger charge is -2.13. The predicted octanol–water partition coefficient (Wildman–Crippen LogP) is 3.33. The summed E-state index contributed by atoms with van der Waals surface area (Å²) in [5.74, 6) is -0.436. The van der Waals surface area contributed by atoms with Crippen molar-refractivity contribution in [1.82, 2.24) is 16.2 Å². The Bertz CT molecular complexity index is 1070. The average Bonchev–Trinajstić information content (AvgIpc) is 2.83. The lowest BCUT2D eigenvalue weighted by molar-refractivity contribution is 0.0933. The summed E-state index contributed by atoms with van der Waals surface area (Å²) in [6, 6.07) is 23.8. The molecule has 0 atom stereocenters. The number of para-hydroxylation sites is 1. The first kappa shape index (κ1) is 22.9. The van der Waals surface area contributed by atoms with Gasteiger partial charge in [-0.2, -0.15) is 0 Å². The SMILES string of the molecule is COCCOc1ccccc1C(=O)NC(=S)NNC(=O)c1ccc(-c2ccccc2)cc1. The molecule has 164 valence electrons. The Balaban J connectivity index is 1.52. The fourth-order valence-electron chi connectivity index (χ4n) is 2.85. The molecule has 0 aliphatic carbocycles. The van der Waals surface area contributed by atoms with Gasteiger partial charge in [0, 0.05) is 12.7 Å². The molecule has 0 heterocycles. The van der Waals surface area contributed by atoms with Crippen molar-refractivity contribution >= 4 is 29.1 Å². The molecule has 0 bridgehead atoms. The zero-order chi connectivity index (χ0) is 22.8. The highest BCUT2D eigenvalue weighted by atomic mass is 32.1.